The fraction of sp³-hybridized carbons (Fsp3) is 0.909. The van der Waals surface area contributed by atoms with E-state index in [9.17, 15) is 4.79 Å². The zero-order valence-corrected chi connectivity index (χ0v) is 9.72. The lowest BCUT2D eigenvalue weighted by molar-refractivity contribution is -0.120. The van der Waals surface area contributed by atoms with Crippen molar-refractivity contribution in [3.63, 3.8) is 0 Å². The highest BCUT2D eigenvalue weighted by molar-refractivity contribution is 5.77. The zero-order chi connectivity index (χ0) is 10.9. The lowest BCUT2D eigenvalue weighted by atomic mass is 10.1. The van der Waals surface area contributed by atoms with E-state index >= 15 is 0 Å². The van der Waals surface area contributed by atoms with Crippen LogP contribution in [0.5, 0.6) is 0 Å². The van der Waals surface area contributed by atoms with Gasteiger partial charge in [-0.15, -0.1) is 0 Å². The van der Waals surface area contributed by atoms with E-state index in [1.54, 1.807) is 7.05 Å². The maximum atomic E-state index is 11.1. The van der Waals surface area contributed by atoms with Gasteiger partial charge in [-0.1, -0.05) is 6.42 Å². The Bertz CT molecular complexity index is 179. The van der Waals surface area contributed by atoms with Gasteiger partial charge in [0, 0.05) is 6.54 Å². The molecule has 0 aromatic heterocycles. The summed E-state index contributed by atoms with van der Waals surface area (Å²) in [5.74, 6) is 0.0937. The molecule has 0 aromatic rings. The standard InChI is InChI=1S/C11H23N3O/c1-12-10-11(15)13-6-5-9-14-7-3-2-4-8-14/h12H,2-10H2,1H3,(H,13,15). The van der Waals surface area contributed by atoms with Crippen LogP contribution in [0.3, 0.4) is 0 Å². The van der Waals surface area contributed by atoms with Crippen LogP contribution in [-0.4, -0.2) is 50.6 Å². The topological polar surface area (TPSA) is 44.4 Å². The Morgan fingerprint density at radius 3 is 2.67 bits per heavy atom. The normalized spacial score (nSPS) is 17.7. The average Bonchev–Trinajstić information content (AvgIpc) is 2.26. The van der Waals surface area contributed by atoms with Crippen molar-refractivity contribution in [1.29, 1.82) is 0 Å². The molecule has 1 fully saturated rings. The summed E-state index contributed by atoms with van der Waals surface area (Å²) in [7, 11) is 1.79. The third-order valence-electron chi connectivity index (χ3n) is 2.76. The number of amides is 1. The summed E-state index contributed by atoms with van der Waals surface area (Å²) < 4.78 is 0. The van der Waals surface area contributed by atoms with Crippen molar-refractivity contribution >= 4 is 5.91 Å². The number of likely N-dealkylation sites (tertiary alicyclic amines) is 1. The number of rotatable bonds is 6. The Kier molecular flexibility index (Phi) is 6.36. The zero-order valence-electron chi connectivity index (χ0n) is 9.72. The van der Waals surface area contributed by atoms with E-state index < -0.39 is 0 Å². The largest absolute Gasteiger partial charge is 0.355 e. The van der Waals surface area contributed by atoms with Gasteiger partial charge in [-0.2, -0.15) is 0 Å². The van der Waals surface area contributed by atoms with Crippen LogP contribution in [0.25, 0.3) is 0 Å². The van der Waals surface area contributed by atoms with E-state index in [-0.39, 0.29) is 5.91 Å². The van der Waals surface area contributed by atoms with Crippen molar-refractivity contribution < 1.29 is 4.79 Å². The summed E-state index contributed by atoms with van der Waals surface area (Å²) in [5, 5.41) is 5.73. The second-order valence-electron chi connectivity index (χ2n) is 4.14. The SMILES string of the molecule is CNCC(=O)NCCCN1CCCCC1. The number of nitrogens with one attached hydrogen (secondary N) is 2. The Balaban J connectivity index is 1.93. The lowest BCUT2D eigenvalue weighted by Crippen LogP contribution is -2.35. The van der Waals surface area contributed by atoms with Crippen molar-refractivity contribution in [3.05, 3.63) is 0 Å². The molecule has 1 aliphatic heterocycles. The summed E-state index contributed by atoms with van der Waals surface area (Å²) in [6.45, 7) is 4.83. The monoisotopic (exact) mass is 213 g/mol. The van der Waals surface area contributed by atoms with Crippen LogP contribution in [-0.2, 0) is 4.79 Å². The van der Waals surface area contributed by atoms with E-state index in [0.717, 1.165) is 19.5 Å². The molecular weight excluding hydrogens is 190 g/mol. The van der Waals surface area contributed by atoms with E-state index in [0.29, 0.717) is 6.54 Å². The smallest absolute Gasteiger partial charge is 0.233 e. The first-order valence-corrected chi connectivity index (χ1v) is 5.96. The maximum absolute atomic E-state index is 11.1. The molecule has 2 N–H and O–H groups in total. The highest BCUT2D eigenvalue weighted by Crippen LogP contribution is 2.08. The number of piperidine rings is 1. The van der Waals surface area contributed by atoms with Gasteiger partial charge in [-0.05, 0) is 45.9 Å². The van der Waals surface area contributed by atoms with E-state index in [4.69, 9.17) is 0 Å². The second kappa shape index (κ2) is 7.65. The van der Waals surface area contributed by atoms with Crippen LogP contribution in [0.4, 0.5) is 0 Å². The number of carbonyl (C=O) groups excluding carboxylic acids is 1. The molecule has 0 bridgehead atoms. The van der Waals surface area contributed by atoms with Gasteiger partial charge in [-0.25, -0.2) is 0 Å². The Morgan fingerprint density at radius 2 is 2.00 bits per heavy atom. The molecule has 0 saturated carbocycles. The van der Waals surface area contributed by atoms with Gasteiger partial charge in [0.05, 0.1) is 6.54 Å². The second-order valence-corrected chi connectivity index (χ2v) is 4.14. The van der Waals surface area contributed by atoms with Gasteiger partial charge in [0.1, 0.15) is 0 Å². The first kappa shape index (κ1) is 12.5. The van der Waals surface area contributed by atoms with Crippen LogP contribution in [0.1, 0.15) is 25.7 Å². The molecule has 0 aliphatic carbocycles. The van der Waals surface area contributed by atoms with Gasteiger partial charge >= 0.3 is 0 Å². The quantitative estimate of drug-likeness (QED) is 0.619. The number of likely N-dealkylation sites (N-methyl/N-ethyl adjacent to an activating group) is 1. The third-order valence-corrected chi connectivity index (χ3v) is 2.76. The first-order chi connectivity index (χ1) is 7.33. The molecule has 88 valence electrons. The average molecular weight is 213 g/mol. The Hall–Kier alpha value is -0.610. The van der Waals surface area contributed by atoms with Gasteiger partial charge in [0.15, 0.2) is 0 Å². The molecule has 0 unspecified atom stereocenters. The summed E-state index contributed by atoms with van der Waals surface area (Å²) in [6.07, 6.45) is 5.13. The van der Waals surface area contributed by atoms with Gasteiger partial charge in [-0.3, -0.25) is 4.79 Å². The van der Waals surface area contributed by atoms with Gasteiger partial charge in [0.2, 0.25) is 5.91 Å². The van der Waals surface area contributed by atoms with Crippen LogP contribution < -0.4 is 10.6 Å². The molecule has 1 saturated heterocycles. The van der Waals surface area contributed by atoms with Crippen LogP contribution in [0.15, 0.2) is 0 Å². The fourth-order valence-electron chi connectivity index (χ4n) is 1.94. The molecule has 4 heteroatoms. The Labute approximate surface area is 92.4 Å². The minimum absolute atomic E-state index is 0.0937. The highest BCUT2D eigenvalue weighted by Gasteiger charge is 2.08. The molecule has 0 spiro atoms. The molecular formula is C11H23N3O. The summed E-state index contributed by atoms with van der Waals surface area (Å²) in [4.78, 5) is 13.6. The molecule has 1 rings (SSSR count). The Morgan fingerprint density at radius 1 is 1.27 bits per heavy atom. The number of nitrogens with zero attached hydrogens (tertiary/aromatic N) is 1. The van der Waals surface area contributed by atoms with E-state index in [2.05, 4.69) is 15.5 Å². The molecule has 15 heavy (non-hydrogen) atoms. The van der Waals surface area contributed by atoms with Gasteiger partial charge in [0.25, 0.3) is 0 Å². The molecule has 0 atom stereocenters. The third kappa shape index (κ3) is 5.74. The van der Waals surface area contributed by atoms with Gasteiger partial charge < -0.3 is 15.5 Å². The molecule has 1 heterocycles. The summed E-state index contributed by atoms with van der Waals surface area (Å²) >= 11 is 0. The number of carbonyl (C=O) groups is 1. The van der Waals surface area contributed by atoms with Crippen molar-refractivity contribution in [3.8, 4) is 0 Å². The number of hydrogen-bond donors (Lipinski definition) is 2. The van der Waals surface area contributed by atoms with Crippen molar-refractivity contribution in [2.45, 2.75) is 25.7 Å². The minimum Gasteiger partial charge on any atom is -0.355 e. The van der Waals surface area contributed by atoms with Crippen molar-refractivity contribution in [1.82, 2.24) is 15.5 Å². The molecule has 0 radical (unpaired) electrons. The summed E-state index contributed by atoms with van der Waals surface area (Å²) in [6, 6.07) is 0. The molecule has 1 amide bonds. The molecule has 4 nitrogen and oxygen atoms in total. The highest BCUT2D eigenvalue weighted by atomic mass is 16.1. The lowest BCUT2D eigenvalue weighted by Gasteiger charge is -2.26. The predicted octanol–water partition coefficient (Wildman–Crippen LogP) is 0.198. The minimum atomic E-state index is 0.0937. The van der Waals surface area contributed by atoms with E-state index in [1.165, 1.54) is 32.4 Å². The molecule has 1 aliphatic rings. The van der Waals surface area contributed by atoms with E-state index in [1.807, 2.05) is 0 Å². The number of hydrogen-bond acceptors (Lipinski definition) is 3. The maximum Gasteiger partial charge on any atom is 0.233 e. The fourth-order valence-corrected chi connectivity index (χ4v) is 1.94. The first-order valence-electron chi connectivity index (χ1n) is 5.96. The summed E-state index contributed by atoms with van der Waals surface area (Å²) in [5.41, 5.74) is 0. The van der Waals surface area contributed by atoms with Crippen molar-refractivity contribution in [2.75, 3.05) is 39.8 Å². The predicted molar refractivity (Wildman–Crippen MR) is 61.8 cm³/mol. The molecule has 0 aromatic carbocycles. The van der Waals surface area contributed by atoms with Crippen LogP contribution in [0.2, 0.25) is 0 Å². The van der Waals surface area contributed by atoms with Crippen molar-refractivity contribution in [2.24, 2.45) is 0 Å². The van der Waals surface area contributed by atoms with Crippen LogP contribution in [0, 0.1) is 0 Å². The van der Waals surface area contributed by atoms with Crippen LogP contribution >= 0.6 is 0 Å².